The van der Waals surface area contributed by atoms with Gasteiger partial charge < -0.3 is 30.5 Å². The summed E-state index contributed by atoms with van der Waals surface area (Å²) >= 11 is 0. The van der Waals surface area contributed by atoms with E-state index in [9.17, 15) is 14.4 Å². The predicted molar refractivity (Wildman–Crippen MR) is 117 cm³/mol. The molecule has 9 heteroatoms. The summed E-state index contributed by atoms with van der Waals surface area (Å²) in [6.07, 6.45) is 0.0550. The molecule has 0 heterocycles. The largest absolute Gasteiger partial charge is 0.393 e. The van der Waals surface area contributed by atoms with Crippen LogP contribution in [0.4, 0.5) is 5.69 Å². The number of nitrogens with one attached hydrogen (secondary N) is 3. The topological polar surface area (TPSA) is 126 Å². The molecule has 1 aromatic rings. The number of benzene rings is 1. The van der Waals surface area contributed by atoms with Gasteiger partial charge in [0.15, 0.2) is 0 Å². The van der Waals surface area contributed by atoms with Crippen molar-refractivity contribution in [2.24, 2.45) is 5.92 Å². The Bertz CT molecular complexity index is 718. The highest BCUT2D eigenvalue weighted by Gasteiger charge is 2.25. The van der Waals surface area contributed by atoms with Crippen molar-refractivity contribution in [1.29, 1.82) is 0 Å². The monoisotopic (exact) mass is 437 g/mol. The number of aliphatic hydroxyl groups excluding tert-OH is 1. The summed E-state index contributed by atoms with van der Waals surface area (Å²) < 4.78 is 10.5. The maximum Gasteiger partial charge on any atom is 0.243 e. The van der Waals surface area contributed by atoms with Crippen LogP contribution >= 0.6 is 0 Å². The first-order valence-electron chi connectivity index (χ1n) is 10.3. The maximum atomic E-state index is 12.5. The second-order valence-electron chi connectivity index (χ2n) is 8.20. The predicted octanol–water partition coefficient (Wildman–Crippen LogP) is 1.21. The van der Waals surface area contributed by atoms with Gasteiger partial charge in [-0.25, -0.2) is 0 Å². The molecule has 0 spiro atoms. The lowest BCUT2D eigenvalue weighted by molar-refractivity contribution is -0.132. The minimum Gasteiger partial charge on any atom is -0.393 e. The highest BCUT2D eigenvalue weighted by molar-refractivity contribution is 5.96. The summed E-state index contributed by atoms with van der Waals surface area (Å²) in [7, 11) is 1.61. The first-order valence-corrected chi connectivity index (χ1v) is 10.3. The molecule has 0 saturated carbocycles. The highest BCUT2D eigenvalue weighted by Crippen LogP contribution is 2.10. The summed E-state index contributed by atoms with van der Waals surface area (Å²) in [4.78, 5) is 36.8. The Hall–Kier alpha value is -2.49. The molecule has 0 radical (unpaired) electrons. The minimum atomic E-state index is -0.778. The molecule has 0 bridgehead atoms. The number of rotatable bonds is 13. The number of hydrogen-bond acceptors (Lipinski definition) is 6. The minimum absolute atomic E-state index is 0.0550. The third-order valence-corrected chi connectivity index (χ3v) is 4.44. The zero-order chi connectivity index (χ0) is 23.4. The lowest BCUT2D eigenvalue weighted by Gasteiger charge is -2.24. The van der Waals surface area contributed by atoms with Gasteiger partial charge in [0.2, 0.25) is 17.7 Å². The molecular weight excluding hydrogens is 402 g/mol. The average molecular weight is 438 g/mol. The molecule has 4 N–H and O–H groups in total. The number of amides is 3. The van der Waals surface area contributed by atoms with Crippen molar-refractivity contribution in [2.45, 2.75) is 52.4 Å². The Labute approximate surface area is 183 Å². The van der Waals surface area contributed by atoms with Crippen LogP contribution in [-0.4, -0.2) is 61.3 Å². The quantitative estimate of drug-likeness (QED) is 0.367. The van der Waals surface area contributed by atoms with E-state index < -0.39 is 17.6 Å². The van der Waals surface area contributed by atoms with Crippen LogP contribution in [0.1, 0.15) is 39.7 Å². The number of methoxy groups -OCH3 is 1. The van der Waals surface area contributed by atoms with E-state index in [1.165, 1.54) is 0 Å². The van der Waals surface area contributed by atoms with Crippen LogP contribution < -0.4 is 16.0 Å². The summed E-state index contributed by atoms with van der Waals surface area (Å²) in [5, 5.41) is 17.1. The van der Waals surface area contributed by atoms with Gasteiger partial charge in [-0.15, -0.1) is 0 Å². The van der Waals surface area contributed by atoms with E-state index in [2.05, 4.69) is 16.0 Å². The van der Waals surface area contributed by atoms with Gasteiger partial charge in [-0.1, -0.05) is 26.0 Å². The second-order valence-corrected chi connectivity index (χ2v) is 8.20. The van der Waals surface area contributed by atoms with Crippen molar-refractivity contribution in [1.82, 2.24) is 10.6 Å². The van der Waals surface area contributed by atoms with E-state index in [0.717, 1.165) is 5.56 Å². The Morgan fingerprint density at radius 2 is 1.74 bits per heavy atom. The van der Waals surface area contributed by atoms with E-state index in [1.807, 2.05) is 12.1 Å². The van der Waals surface area contributed by atoms with Crippen LogP contribution in [0.25, 0.3) is 0 Å². The molecule has 0 aromatic heterocycles. The van der Waals surface area contributed by atoms with Gasteiger partial charge in [0.1, 0.15) is 6.04 Å². The first kappa shape index (κ1) is 26.5. The molecular formula is C22H35N3O6. The Morgan fingerprint density at radius 3 is 2.29 bits per heavy atom. The number of ether oxygens (including phenoxy) is 2. The highest BCUT2D eigenvalue weighted by atomic mass is 16.5. The molecule has 1 rings (SSSR count). The van der Waals surface area contributed by atoms with Crippen LogP contribution in [0.5, 0.6) is 0 Å². The van der Waals surface area contributed by atoms with Gasteiger partial charge in [0.25, 0.3) is 0 Å². The van der Waals surface area contributed by atoms with E-state index >= 15 is 0 Å². The molecule has 0 aliphatic heterocycles. The van der Waals surface area contributed by atoms with E-state index in [4.69, 9.17) is 14.6 Å². The second kappa shape index (κ2) is 13.0. The lowest BCUT2D eigenvalue weighted by atomic mass is 10.0. The third-order valence-electron chi connectivity index (χ3n) is 4.44. The normalized spacial score (nSPS) is 12.4. The molecule has 9 nitrogen and oxygen atoms in total. The fourth-order valence-electron chi connectivity index (χ4n) is 2.58. The van der Waals surface area contributed by atoms with Crippen molar-refractivity contribution in [2.75, 3.05) is 32.2 Å². The Morgan fingerprint density at radius 1 is 1.10 bits per heavy atom. The molecule has 0 fully saturated rings. The van der Waals surface area contributed by atoms with Crippen LogP contribution in [0.3, 0.4) is 0 Å². The van der Waals surface area contributed by atoms with Crippen LogP contribution in [-0.2, 0) is 30.5 Å². The lowest BCUT2D eigenvalue weighted by Crippen LogP contribution is -2.51. The van der Waals surface area contributed by atoms with E-state index in [0.29, 0.717) is 12.3 Å². The molecule has 31 heavy (non-hydrogen) atoms. The van der Waals surface area contributed by atoms with E-state index in [1.54, 1.807) is 46.9 Å². The standard InChI is InChI=1S/C22H35N3O6/c1-15(2)20(25-18(27)10-11-31-22(3,4)14-26)21(29)23-12-19(28)24-17-8-6-16(7-9-17)13-30-5/h6-9,15,20,26H,10-14H2,1-5H3,(H,23,29)(H,24,28)(H,25,27). The Kier molecular flexibility index (Phi) is 11.2. The summed E-state index contributed by atoms with van der Waals surface area (Å²) in [6, 6.07) is 6.41. The molecule has 3 amide bonds. The molecule has 1 unspecified atom stereocenters. The SMILES string of the molecule is COCc1ccc(NC(=O)CNC(=O)C(NC(=O)CCOC(C)(C)CO)C(C)C)cc1. The Balaban J connectivity index is 2.48. The van der Waals surface area contributed by atoms with Crippen molar-refractivity contribution in [3.63, 3.8) is 0 Å². The van der Waals surface area contributed by atoms with Crippen LogP contribution in [0.15, 0.2) is 24.3 Å². The van der Waals surface area contributed by atoms with E-state index in [-0.39, 0.29) is 43.9 Å². The smallest absolute Gasteiger partial charge is 0.243 e. The summed E-state index contributed by atoms with van der Waals surface area (Å²) in [5.41, 5.74) is 0.861. The van der Waals surface area contributed by atoms with Crippen molar-refractivity contribution in [3.8, 4) is 0 Å². The molecule has 0 saturated heterocycles. The molecule has 1 aromatic carbocycles. The van der Waals surface area contributed by atoms with Crippen LogP contribution in [0.2, 0.25) is 0 Å². The van der Waals surface area contributed by atoms with Gasteiger partial charge in [-0.2, -0.15) is 0 Å². The first-order chi connectivity index (χ1) is 14.6. The van der Waals surface area contributed by atoms with Crippen LogP contribution in [0, 0.1) is 5.92 Å². The zero-order valence-electron chi connectivity index (χ0n) is 19.0. The van der Waals surface area contributed by atoms with Gasteiger partial charge in [0, 0.05) is 12.8 Å². The number of carbonyl (C=O) groups is 3. The molecule has 0 aliphatic carbocycles. The van der Waals surface area contributed by atoms with Crippen molar-refractivity contribution >= 4 is 23.4 Å². The zero-order valence-corrected chi connectivity index (χ0v) is 19.0. The average Bonchev–Trinajstić information content (AvgIpc) is 2.71. The molecule has 174 valence electrons. The molecule has 1 atom stereocenters. The molecule has 0 aliphatic rings. The maximum absolute atomic E-state index is 12.5. The third kappa shape index (κ3) is 10.4. The fourth-order valence-corrected chi connectivity index (χ4v) is 2.58. The fraction of sp³-hybridized carbons (Fsp3) is 0.591. The van der Waals surface area contributed by atoms with Gasteiger partial charge in [0.05, 0.1) is 38.4 Å². The number of carbonyl (C=O) groups excluding carboxylic acids is 3. The van der Waals surface area contributed by atoms with Gasteiger partial charge >= 0.3 is 0 Å². The number of aliphatic hydroxyl groups is 1. The van der Waals surface area contributed by atoms with Crippen molar-refractivity contribution in [3.05, 3.63) is 29.8 Å². The summed E-state index contributed by atoms with van der Waals surface area (Å²) in [6.45, 7) is 7.27. The summed E-state index contributed by atoms with van der Waals surface area (Å²) in [5.74, 6) is -1.33. The number of anilines is 1. The number of hydrogen-bond donors (Lipinski definition) is 4. The van der Waals surface area contributed by atoms with Crippen molar-refractivity contribution < 1.29 is 29.0 Å². The van der Waals surface area contributed by atoms with Gasteiger partial charge in [-0.05, 0) is 37.5 Å². The van der Waals surface area contributed by atoms with Gasteiger partial charge in [-0.3, -0.25) is 14.4 Å².